The van der Waals surface area contributed by atoms with Gasteiger partial charge in [0.15, 0.2) is 0 Å². The average Bonchev–Trinajstić information content (AvgIpc) is 2.41. The lowest BCUT2D eigenvalue weighted by Gasteiger charge is -2.12. The molecule has 1 aromatic heterocycles. The van der Waals surface area contributed by atoms with Gasteiger partial charge in [-0.25, -0.2) is 15.2 Å². The molecule has 0 aliphatic heterocycles. The molecule has 21 heavy (non-hydrogen) atoms. The van der Waals surface area contributed by atoms with E-state index in [0.717, 1.165) is 18.2 Å². The number of hydrogen-bond acceptors (Lipinski definition) is 4. The van der Waals surface area contributed by atoms with Crippen molar-refractivity contribution in [2.24, 2.45) is 5.84 Å². The van der Waals surface area contributed by atoms with Crippen LogP contribution in [0.2, 0.25) is 5.02 Å². The molecule has 4 N–H and O–H groups in total. The van der Waals surface area contributed by atoms with Crippen LogP contribution in [0.1, 0.15) is 5.56 Å². The maximum absolute atomic E-state index is 13.0. The maximum atomic E-state index is 13.0. The number of hydrogen-bond donors (Lipinski definition) is 3. The zero-order chi connectivity index (χ0) is 15.6. The lowest BCUT2D eigenvalue weighted by Crippen LogP contribution is -2.13. The van der Waals surface area contributed by atoms with Crippen LogP contribution in [0.25, 0.3) is 0 Å². The molecule has 0 aliphatic rings. The predicted molar refractivity (Wildman–Crippen MR) is 71.7 cm³/mol. The molecule has 2 rings (SSSR count). The summed E-state index contributed by atoms with van der Waals surface area (Å²) in [4.78, 5) is 3.83. The summed E-state index contributed by atoms with van der Waals surface area (Å²) in [5.74, 6) is 4.18. The number of pyridine rings is 1. The van der Waals surface area contributed by atoms with E-state index in [4.69, 9.17) is 17.4 Å². The molecule has 0 spiro atoms. The summed E-state index contributed by atoms with van der Waals surface area (Å²) in [6.45, 7) is 0. The molecule has 1 aromatic carbocycles. The predicted octanol–water partition coefficient (Wildman–Crippen LogP) is 3.92. The van der Waals surface area contributed by atoms with Gasteiger partial charge in [0.25, 0.3) is 0 Å². The van der Waals surface area contributed by atoms with Gasteiger partial charge in [-0.05, 0) is 30.3 Å². The van der Waals surface area contributed by atoms with Crippen LogP contribution in [0.4, 0.5) is 34.9 Å². The lowest BCUT2D eigenvalue weighted by molar-refractivity contribution is -0.137. The van der Waals surface area contributed by atoms with Crippen LogP contribution in [-0.2, 0) is 6.18 Å². The number of hydrazine groups is 1. The van der Waals surface area contributed by atoms with E-state index in [9.17, 15) is 17.6 Å². The molecule has 0 bridgehead atoms. The smallest absolute Gasteiger partial charge is 0.340 e. The van der Waals surface area contributed by atoms with Gasteiger partial charge in [0.2, 0.25) is 0 Å². The van der Waals surface area contributed by atoms with Crippen molar-refractivity contribution in [1.29, 1.82) is 0 Å². The van der Waals surface area contributed by atoms with Gasteiger partial charge in [0.1, 0.15) is 17.5 Å². The molecule has 0 saturated carbocycles. The van der Waals surface area contributed by atoms with E-state index in [1.165, 1.54) is 12.1 Å². The van der Waals surface area contributed by atoms with Crippen LogP contribution >= 0.6 is 11.6 Å². The number of halogens is 5. The molecule has 0 amide bonds. The molecule has 9 heteroatoms. The minimum atomic E-state index is -4.55. The van der Waals surface area contributed by atoms with E-state index < -0.39 is 17.6 Å². The minimum Gasteiger partial charge on any atom is -0.340 e. The van der Waals surface area contributed by atoms with E-state index in [2.05, 4.69) is 10.3 Å². The van der Waals surface area contributed by atoms with Crippen molar-refractivity contribution in [3.8, 4) is 0 Å². The van der Waals surface area contributed by atoms with Gasteiger partial charge in [0.05, 0.1) is 10.6 Å². The van der Waals surface area contributed by atoms with Crippen molar-refractivity contribution >= 4 is 28.9 Å². The fourth-order valence-electron chi connectivity index (χ4n) is 1.55. The molecule has 2 aromatic rings. The Balaban J connectivity index is 2.36. The number of nitrogens with zero attached hydrogens (tertiary/aromatic N) is 1. The first-order valence-electron chi connectivity index (χ1n) is 5.57. The van der Waals surface area contributed by atoms with Crippen molar-refractivity contribution in [1.82, 2.24) is 4.98 Å². The highest BCUT2D eigenvalue weighted by atomic mass is 35.5. The Morgan fingerprint density at radius 3 is 2.33 bits per heavy atom. The van der Waals surface area contributed by atoms with Gasteiger partial charge < -0.3 is 10.7 Å². The van der Waals surface area contributed by atoms with Crippen molar-refractivity contribution in [3.05, 3.63) is 46.7 Å². The zero-order valence-electron chi connectivity index (χ0n) is 10.3. The standard InChI is InChI=1S/C12H9ClF4N4/c13-8-5-7(1-2-9(8)14)19-10-3-6(12(15,16)17)4-11(20-10)21-18/h1-5H,18H2,(H2,19,20,21). The summed E-state index contributed by atoms with van der Waals surface area (Å²) in [6, 6.07) is 5.20. The average molecular weight is 321 g/mol. The Labute approximate surface area is 121 Å². The molecule has 0 atom stereocenters. The second-order valence-corrected chi connectivity index (χ2v) is 4.43. The van der Waals surface area contributed by atoms with Crippen molar-refractivity contribution in [3.63, 3.8) is 0 Å². The monoisotopic (exact) mass is 320 g/mol. The maximum Gasteiger partial charge on any atom is 0.416 e. The Bertz CT molecular complexity index is 660. The van der Waals surface area contributed by atoms with Crippen LogP contribution in [0.5, 0.6) is 0 Å². The summed E-state index contributed by atoms with van der Waals surface area (Å²) < 4.78 is 51.3. The van der Waals surface area contributed by atoms with Gasteiger partial charge in [-0.2, -0.15) is 13.2 Å². The SMILES string of the molecule is NNc1cc(C(F)(F)F)cc(Nc2ccc(F)c(Cl)c2)n1. The molecule has 0 radical (unpaired) electrons. The van der Waals surface area contributed by atoms with Crippen LogP contribution in [0.3, 0.4) is 0 Å². The first-order valence-corrected chi connectivity index (χ1v) is 5.95. The molecule has 0 fully saturated rings. The fourth-order valence-corrected chi connectivity index (χ4v) is 1.73. The molecule has 1 heterocycles. The van der Waals surface area contributed by atoms with Crippen molar-refractivity contribution < 1.29 is 17.6 Å². The van der Waals surface area contributed by atoms with Crippen LogP contribution in [0.15, 0.2) is 30.3 Å². The highest BCUT2D eigenvalue weighted by Gasteiger charge is 2.31. The number of aromatic nitrogens is 1. The summed E-state index contributed by atoms with van der Waals surface area (Å²) in [5, 5.41) is 2.44. The fraction of sp³-hybridized carbons (Fsp3) is 0.0833. The van der Waals surface area contributed by atoms with Gasteiger partial charge in [-0.3, -0.25) is 0 Å². The summed E-state index contributed by atoms with van der Waals surface area (Å²) in [6.07, 6.45) is -4.55. The van der Waals surface area contributed by atoms with E-state index >= 15 is 0 Å². The van der Waals surface area contributed by atoms with E-state index in [-0.39, 0.29) is 22.3 Å². The normalized spacial score (nSPS) is 11.3. The van der Waals surface area contributed by atoms with E-state index in [1.54, 1.807) is 0 Å². The van der Waals surface area contributed by atoms with Crippen molar-refractivity contribution in [2.75, 3.05) is 10.7 Å². The van der Waals surface area contributed by atoms with Gasteiger partial charge >= 0.3 is 6.18 Å². The topological polar surface area (TPSA) is 63.0 Å². The number of benzene rings is 1. The third-order valence-corrected chi connectivity index (χ3v) is 2.78. The van der Waals surface area contributed by atoms with Crippen LogP contribution in [-0.4, -0.2) is 4.98 Å². The molecular weight excluding hydrogens is 312 g/mol. The molecule has 0 aliphatic carbocycles. The summed E-state index contributed by atoms with van der Waals surface area (Å²) >= 11 is 5.59. The Hall–Kier alpha value is -2.06. The number of nitrogen functional groups attached to an aromatic ring is 1. The first-order chi connectivity index (χ1) is 9.79. The molecule has 112 valence electrons. The van der Waals surface area contributed by atoms with Crippen LogP contribution in [0, 0.1) is 5.82 Å². The number of anilines is 3. The van der Waals surface area contributed by atoms with Crippen molar-refractivity contribution in [2.45, 2.75) is 6.18 Å². The van der Waals surface area contributed by atoms with E-state index in [1.807, 2.05) is 5.43 Å². The quantitative estimate of drug-likeness (QED) is 0.455. The lowest BCUT2D eigenvalue weighted by atomic mass is 10.2. The number of nitrogens with two attached hydrogens (primary N) is 1. The number of nitrogens with one attached hydrogen (secondary N) is 2. The Morgan fingerprint density at radius 2 is 1.76 bits per heavy atom. The number of rotatable bonds is 3. The Kier molecular flexibility index (Phi) is 4.19. The summed E-state index contributed by atoms with van der Waals surface area (Å²) in [7, 11) is 0. The third kappa shape index (κ3) is 3.73. The number of alkyl halides is 3. The third-order valence-electron chi connectivity index (χ3n) is 2.49. The zero-order valence-corrected chi connectivity index (χ0v) is 11.1. The van der Waals surface area contributed by atoms with Crippen LogP contribution < -0.4 is 16.6 Å². The summed E-state index contributed by atoms with van der Waals surface area (Å²) in [5.41, 5.74) is 1.41. The molecular formula is C12H9ClF4N4. The highest BCUT2D eigenvalue weighted by molar-refractivity contribution is 6.31. The second-order valence-electron chi connectivity index (χ2n) is 4.02. The van der Waals surface area contributed by atoms with Gasteiger partial charge in [0, 0.05) is 5.69 Å². The molecule has 0 saturated heterocycles. The largest absolute Gasteiger partial charge is 0.416 e. The van der Waals surface area contributed by atoms with E-state index in [0.29, 0.717) is 0 Å². The second kappa shape index (κ2) is 5.74. The molecule has 4 nitrogen and oxygen atoms in total. The minimum absolute atomic E-state index is 0.111. The molecule has 0 unspecified atom stereocenters. The van der Waals surface area contributed by atoms with Gasteiger partial charge in [-0.1, -0.05) is 11.6 Å². The first kappa shape index (κ1) is 15.3. The highest BCUT2D eigenvalue weighted by Crippen LogP contribution is 2.32. The Morgan fingerprint density at radius 1 is 1.10 bits per heavy atom. The van der Waals surface area contributed by atoms with Gasteiger partial charge in [-0.15, -0.1) is 0 Å².